The van der Waals surface area contributed by atoms with Gasteiger partial charge >= 0.3 is 0 Å². The van der Waals surface area contributed by atoms with Crippen LogP contribution in [0, 0.1) is 11.8 Å². The fourth-order valence-electron chi connectivity index (χ4n) is 1.26. The van der Waals surface area contributed by atoms with Gasteiger partial charge in [-0.1, -0.05) is 29.3 Å². The third-order valence-electron chi connectivity index (χ3n) is 2.05. The molecule has 0 aromatic heterocycles. The molecule has 0 aliphatic carbocycles. The van der Waals surface area contributed by atoms with Crippen LogP contribution in [0.4, 0.5) is 0 Å². The zero-order valence-corrected chi connectivity index (χ0v) is 9.20. The van der Waals surface area contributed by atoms with E-state index in [0.29, 0.717) is 18.7 Å². The van der Waals surface area contributed by atoms with Crippen molar-refractivity contribution >= 4 is 5.84 Å². The smallest absolute Gasteiger partial charge is 0.170 e. The molecule has 0 aliphatic heterocycles. The number of hydrogen-bond acceptors (Lipinski definition) is 3. The number of hydrogen-bond donors (Lipinski definition) is 3. The summed E-state index contributed by atoms with van der Waals surface area (Å²) in [5.41, 5.74) is 7.28. The molecule has 0 fully saturated rings. The molecular weight excluding hydrogens is 202 g/mol. The molecule has 84 valence electrons. The zero-order chi connectivity index (χ0) is 11.8. The summed E-state index contributed by atoms with van der Waals surface area (Å²) in [5.74, 6) is 5.85. The molecule has 4 N–H and O–H groups in total. The van der Waals surface area contributed by atoms with E-state index in [1.165, 1.54) is 0 Å². The number of nitrogens with one attached hydrogen (secondary N) is 1. The molecule has 1 rings (SSSR count). The Morgan fingerprint density at radius 3 is 3.06 bits per heavy atom. The van der Waals surface area contributed by atoms with Crippen LogP contribution in [0.25, 0.3) is 0 Å². The maximum absolute atomic E-state index is 8.55. The summed E-state index contributed by atoms with van der Waals surface area (Å²) in [6.07, 6.45) is 0. The molecule has 0 saturated carbocycles. The van der Waals surface area contributed by atoms with Gasteiger partial charge in [-0.2, -0.15) is 0 Å². The summed E-state index contributed by atoms with van der Waals surface area (Å²) < 4.78 is 0. The van der Waals surface area contributed by atoms with Crippen molar-refractivity contribution in [3.63, 3.8) is 0 Å². The molecule has 0 saturated heterocycles. The van der Waals surface area contributed by atoms with Crippen molar-refractivity contribution < 1.29 is 5.21 Å². The van der Waals surface area contributed by atoms with Crippen molar-refractivity contribution in [1.82, 2.24) is 5.32 Å². The van der Waals surface area contributed by atoms with Crippen molar-refractivity contribution in [1.29, 1.82) is 0 Å². The Balaban J connectivity index is 2.63. The van der Waals surface area contributed by atoms with Crippen molar-refractivity contribution in [2.24, 2.45) is 10.9 Å². The highest BCUT2D eigenvalue weighted by atomic mass is 16.4. The number of nitrogens with two attached hydrogens (primary N) is 1. The van der Waals surface area contributed by atoms with E-state index >= 15 is 0 Å². The van der Waals surface area contributed by atoms with Gasteiger partial charge in [0.25, 0.3) is 0 Å². The molecule has 4 nitrogen and oxygen atoms in total. The number of nitrogens with zero attached hydrogens (tertiary/aromatic N) is 1. The van der Waals surface area contributed by atoms with Gasteiger partial charge in [0.2, 0.25) is 0 Å². The van der Waals surface area contributed by atoms with Gasteiger partial charge in [0.15, 0.2) is 5.84 Å². The van der Waals surface area contributed by atoms with E-state index in [9.17, 15) is 0 Å². The molecule has 0 unspecified atom stereocenters. The van der Waals surface area contributed by atoms with Crippen LogP contribution in [0.2, 0.25) is 0 Å². The predicted molar refractivity (Wildman–Crippen MR) is 64.1 cm³/mol. The predicted octanol–water partition coefficient (Wildman–Crippen LogP) is 0.894. The molecule has 0 aliphatic rings. The lowest BCUT2D eigenvalue weighted by atomic mass is 10.1. The lowest BCUT2D eigenvalue weighted by Gasteiger charge is -2.04. The average molecular weight is 217 g/mol. The number of rotatable bonds is 4. The number of benzene rings is 1. The maximum Gasteiger partial charge on any atom is 0.170 e. The minimum absolute atomic E-state index is 0.121. The normalized spacial score (nSPS) is 10.7. The molecular formula is C12H15N3O. The Bertz CT molecular complexity index is 429. The van der Waals surface area contributed by atoms with Gasteiger partial charge < -0.3 is 16.3 Å². The first-order chi connectivity index (χ1) is 7.77. The largest absolute Gasteiger partial charge is 0.409 e. The first-order valence-corrected chi connectivity index (χ1v) is 4.95. The monoisotopic (exact) mass is 217 g/mol. The Hall–Kier alpha value is -1.99. The molecule has 1 aromatic rings. The standard InChI is InChI=1S/C12H15N3O/c1-2-3-7-14-9-10-5-4-6-11(8-10)12(13)15-16/h4-6,8,14,16H,7,9H2,1H3,(H2,13,15). The first kappa shape index (κ1) is 12.1. The summed E-state index contributed by atoms with van der Waals surface area (Å²) in [4.78, 5) is 0. The summed E-state index contributed by atoms with van der Waals surface area (Å²) in [7, 11) is 0. The minimum Gasteiger partial charge on any atom is -0.409 e. The Labute approximate surface area is 95.2 Å². The van der Waals surface area contributed by atoms with Crippen LogP contribution < -0.4 is 11.1 Å². The van der Waals surface area contributed by atoms with Crippen molar-refractivity contribution in [2.75, 3.05) is 6.54 Å². The van der Waals surface area contributed by atoms with Crippen LogP contribution in [0.5, 0.6) is 0 Å². The van der Waals surface area contributed by atoms with Crippen LogP contribution >= 0.6 is 0 Å². The topological polar surface area (TPSA) is 70.6 Å². The Morgan fingerprint density at radius 1 is 1.56 bits per heavy atom. The van der Waals surface area contributed by atoms with Gasteiger partial charge in [0.1, 0.15) is 0 Å². The number of amidine groups is 1. The maximum atomic E-state index is 8.55. The van der Waals surface area contributed by atoms with Crippen LogP contribution in [0.15, 0.2) is 29.4 Å². The van der Waals surface area contributed by atoms with Crippen LogP contribution in [-0.4, -0.2) is 17.6 Å². The summed E-state index contributed by atoms with van der Waals surface area (Å²) in [6, 6.07) is 7.52. The average Bonchev–Trinajstić information content (AvgIpc) is 2.34. The highest BCUT2D eigenvalue weighted by Crippen LogP contribution is 2.04. The lowest BCUT2D eigenvalue weighted by molar-refractivity contribution is 0.318. The summed E-state index contributed by atoms with van der Waals surface area (Å²) in [5, 5.41) is 14.7. The second kappa shape index (κ2) is 6.49. The number of oxime groups is 1. The molecule has 16 heavy (non-hydrogen) atoms. The van der Waals surface area contributed by atoms with Gasteiger partial charge in [-0.15, -0.1) is 5.92 Å². The van der Waals surface area contributed by atoms with E-state index in [4.69, 9.17) is 10.9 Å². The molecule has 0 radical (unpaired) electrons. The zero-order valence-electron chi connectivity index (χ0n) is 9.20. The Morgan fingerprint density at radius 2 is 2.38 bits per heavy atom. The SMILES string of the molecule is CC#CCNCc1cccc(/C(N)=N/O)c1. The molecule has 1 aromatic carbocycles. The second-order valence-corrected chi connectivity index (χ2v) is 3.22. The van der Waals surface area contributed by atoms with Gasteiger partial charge in [-0.3, -0.25) is 0 Å². The molecule has 4 heteroatoms. The van der Waals surface area contributed by atoms with E-state index in [0.717, 1.165) is 5.56 Å². The quantitative estimate of drug-likeness (QED) is 0.175. The van der Waals surface area contributed by atoms with E-state index in [2.05, 4.69) is 22.3 Å². The van der Waals surface area contributed by atoms with E-state index < -0.39 is 0 Å². The van der Waals surface area contributed by atoms with Gasteiger partial charge in [-0.25, -0.2) is 0 Å². The summed E-state index contributed by atoms with van der Waals surface area (Å²) >= 11 is 0. The molecule has 0 spiro atoms. The van der Waals surface area contributed by atoms with E-state index in [-0.39, 0.29) is 5.84 Å². The fraction of sp³-hybridized carbons (Fsp3) is 0.250. The molecule has 0 amide bonds. The first-order valence-electron chi connectivity index (χ1n) is 4.95. The van der Waals surface area contributed by atoms with Gasteiger partial charge in [0.05, 0.1) is 6.54 Å². The fourth-order valence-corrected chi connectivity index (χ4v) is 1.26. The highest BCUT2D eigenvalue weighted by Gasteiger charge is 1.99. The van der Waals surface area contributed by atoms with Crippen LogP contribution in [0.3, 0.4) is 0 Å². The lowest BCUT2D eigenvalue weighted by Crippen LogP contribution is -2.16. The van der Waals surface area contributed by atoms with Crippen molar-refractivity contribution in [2.45, 2.75) is 13.5 Å². The van der Waals surface area contributed by atoms with Crippen LogP contribution in [-0.2, 0) is 6.54 Å². The molecule has 0 heterocycles. The van der Waals surface area contributed by atoms with E-state index in [1.807, 2.05) is 18.2 Å². The second-order valence-electron chi connectivity index (χ2n) is 3.22. The Kier molecular flexibility index (Phi) is 4.90. The van der Waals surface area contributed by atoms with Gasteiger partial charge in [0, 0.05) is 12.1 Å². The van der Waals surface area contributed by atoms with Crippen LogP contribution in [0.1, 0.15) is 18.1 Å². The summed E-state index contributed by atoms with van der Waals surface area (Å²) in [6.45, 7) is 3.17. The highest BCUT2D eigenvalue weighted by molar-refractivity contribution is 5.97. The van der Waals surface area contributed by atoms with Crippen molar-refractivity contribution in [3.8, 4) is 11.8 Å². The third-order valence-corrected chi connectivity index (χ3v) is 2.05. The van der Waals surface area contributed by atoms with Crippen molar-refractivity contribution in [3.05, 3.63) is 35.4 Å². The minimum atomic E-state index is 0.121. The molecule has 0 bridgehead atoms. The van der Waals surface area contributed by atoms with E-state index in [1.54, 1.807) is 13.0 Å². The third kappa shape index (κ3) is 3.64. The van der Waals surface area contributed by atoms with Gasteiger partial charge in [-0.05, 0) is 18.6 Å². The molecule has 0 atom stereocenters.